The molecule has 0 aromatic carbocycles. The minimum Gasteiger partial charge on any atom is -0.381 e. The minimum absolute atomic E-state index is 0.0466. The van der Waals surface area contributed by atoms with Crippen LogP contribution >= 0.6 is 0 Å². The number of likely N-dealkylation sites (N-methyl/N-ethyl adjacent to an activating group) is 1. The van der Waals surface area contributed by atoms with Gasteiger partial charge in [-0.3, -0.25) is 4.79 Å². The maximum Gasteiger partial charge on any atom is 0.248 e. The van der Waals surface area contributed by atoms with Crippen LogP contribution in [0.4, 0.5) is 0 Å². The largest absolute Gasteiger partial charge is 0.381 e. The number of amides is 1. The summed E-state index contributed by atoms with van der Waals surface area (Å²) >= 11 is 0. The first kappa shape index (κ1) is 20.4. The Morgan fingerprint density at radius 2 is 1.91 bits per heavy atom. The number of rotatable bonds is 10. The molecule has 0 unspecified atom stereocenters. The quantitative estimate of drug-likeness (QED) is 0.612. The smallest absolute Gasteiger partial charge is 0.248 e. The summed E-state index contributed by atoms with van der Waals surface area (Å²) in [7, 11) is 3.56. The summed E-state index contributed by atoms with van der Waals surface area (Å²) in [5.41, 5.74) is 0. The fourth-order valence-corrected chi connectivity index (χ4v) is 2.41. The highest BCUT2D eigenvalue weighted by atomic mass is 16.5. The van der Waals surface area contributed by atoms with E-state index < -0.39 is 0 Å². The topological polar surface area (TPSA) is 60.0 Å². The van der Waals surface area contributed by atoms with Gasteiger partial charge in [0.1, 0.15) is 6.61 Å². The maximum absolute atomic E-state index is 11.8. The fourth-order valence-electron chi connectivity index (χ4n) is 2.41. The highest BCUT2D eigenvalue weighted by Crippen LogP contribution is 2.25. The average molecular weight is 330 g/mol. The van der Waals surface area contributed by atoms with Crippen molar-refractivity contribution in [2.24, 2.45) is 5.92 Å². The Kier molecular flexibility index (Phi) is 10.4. The highest BCUT2D eigenvalue weighted by molar-refractivity contribution is 5.77. The molecule has 23 heavy (non-hydrogen) atoms. The molecule has 1 saturated carbocycles. The van der Waals surface area contributed by atoms with Crippen molar-refractivity contribution in [3.8, 4) is 0 Å². The van der Waals surface area contributed by atoms with Crippen LogP contribution in [0.5, 0.6) is 0 Å². The van der Waals surface area contributed by atoms with E-state index in [2.05, 4.69) is 5.32 Å². The maximum atomic E-state index is 11.8. The molecule has 0 spiro atoms. The lowest BCUT2D eigenvalue weighted by molar-refractivity contribution is -0.135. The molecule has 1 aliphatic heterocycles. The molecule has 2 aliphatic rings. The SMILES string of the molecule is CC.COC1CC(OCCCN(C)C(=O)COCC2CNC2)C1. The Labute approximate surface area is 140 Å². The van der Waals surface area contributed by atoms with Gasteiger partial charge in [-0.1, -0.05) is 13.8 Å². The Morgan fingerprint density at radius 3 is 2.48 bits per heavy atom. The van der Waals surface area contributed by atoms with E-state index in [1.165, 1.54) is 0 Å². The third-order valence-corrected chi connectivity index (χ3v) is 4.25. The van der Waals surface area contributed by atoms with Crippen LogP contribution in [0.2, 0.25) is 0 Å². The van der Waals surface area contributed by atoms with Crippen molar-refractivity contribution in [1.82, 2.24) is 10.2 Å². The van der Waals surface area contributed by atoms with Crippen molar-refractivity contribution in [2.45, 2.75) is 45.3 Å². The normalized spacial score (nSPS) is 23.3. The summed E-state index contributed by atoms with van der Waals surface area (Å²) in [5.74, 6) is 0.625. The van der Waals surface area contributed by atoms with Gasteiger partial charge in [-0.25, -0.2) is 0 Å². The van der Waals surface area contributed by atoms with Crippen LogP contribution in [0.1, 0.15) is 33.1 Å². The lowest BCUT2D eigenvalue weighted by atomic mass is 9.92. The molecule has 0 aromatic heterocycles. The monoisotopic (exact) mass is 330 g/mol. The standard InChI is InChI=1S/C15H28N2O4.C2H6/c1-17(15(18)11-20-10-12-8-16-9-12)4-3-5-21-14-6-13(7-14)19-2;1-2/h12-14,16H,3-11H2,1-2H3;1-2H3. The summed E-state index contributed by atoms with van der Waals surface area (Å²) in [5, 5.41) is 3.18. The number of ether oxygens (including phenoxy) is 3. The van der Waals surface area contributed by atoms with E-state index in [1.807, 2.05) is 20.9 Å². The number of carbonyl (C=O) groups is 1. The number of hydrogen-bond acceptors (Lipinski definition) is 5. The zero-order valence-electron chi connectivity index (χ0n) is 15.2. The Morgan fingerprint density at radius 1 is 1.22 bits per heavy atom. The van der Waals surface area contributed by atoms with Crippen LogP contribution in [-0.4, -0.2) is 76.6 Å². The van der Waals surface area contributed by atoms with Gasteiger partial charge >= 0.3 is 0 Å². The third-order valence-electron chi connectivity index (χ3n) is 4.25. The first-order valence-electron chi connectivity index (χ1n) is 8.86. The molecular formula is C17H34N2O4. The molecule has 0 aromatic rings. The van der Waals surface area contributed by atoms with Crippen LogP contribution in [0.15, 0.2) is 0 Å². The highest BCUT2D eigenvalue weighted by Gasteiger charge is 2.29. The predicted molar refractivity (Wildman–Crippen MR) is 90.6 cm³/mol. The molecule has 136 valence electrons. The molecule has 0 bridgehead atoms. The van der Waals surface area contributed by atoms with E-state index >= 15 is 0 Å². The molecule has 1 amide bonds. The van der Waals surface area contributed by atoms with Crippen molar-refractivity contribution in [2.75, 3.05) is 53.6 Å². The molecule has 6 heteroatoms. The van der Waals surface area contributed by atoms with Crippen molar-refractivity contribution >= 4 is 5.91 Å². The van der Waals surface area contributed by atoms with E-state index in [0.29, 0.717) is 37.9 Å². The minimum atomic E-state index is 0.0466. The number of carbonyl (C=O) groups excluding carboxylic acids is 1. The number of nitrogens with one attached hydrogen (secondary N) is 1. The summed E-state index contributed by atoms with van der Waals surface area (Å²) in [6.07, 6.45) is 3.57. The van der Waals surface area contributed by atoms with Gasteiger partial charge in [0.2, 0.25) is 5.91 Å². The number of hydrogen-bond donors (Lipinski definition) is 1. The number of nitrogens with zero attached hydrogens (tertiary/aromatic N) is 1. The molecule has 1 N–H and O–H groups in total. The zero-order chi connectivity index (χ0) is 17.1. The van der Waals surface area contributed by atoms with Gasteiger partial charge in [-0.2, -0.15) is 0 Å². The van der Waals surface area contributed by atoms with E-state index in [0.717, 1.165) is 32.4 Å². The van der Waals surface area contributed by atoms with Crippen LogP contribution < -0.4 is 5.32 Å². The summed E-state index contributed by atoms with van der Waals surface area (Å²) in [6.45, 7) is 8.30. The van der Waals surface area contributed by atoms with Crippen molar-refractivity contribution < 1.29 is 19.0 Å². The molecule has 6 nitrogen and oxygen atoms in total. The second-order valence-corrected chi connectivity index (χ2v) is 6.03. The Hall–Kier alpha value is -0.690. The zero-order valence-corrected chi connectivity index (χ0v) is 15.2. The predicted octanol–water partition coefficient (Wildman–Crippen LogP) is 1.29. The summed E-state index contributed by atoms with van der Waals surface area (Å²) in [4.78, 5) is 13.6. The van der Waals surface area contributed by atoms with Crippen LogP contribution in [0.25, 0.3) is 0 Å². The van der Waals surface area contributed by atoms with E-state index in [9.17, 15) is 4.79 Å². The van der Waals surface area contributed by atoms with Gasteiger partial charge in [0.25, 0.3) is 0 Å². The number of methoxy groups -OCH3 is 1. The fraction of sp³-hybridized carbons (Fsp3) is 0.941. The average Bonchev–Trinajstić information content (AvgIpc) is 2.49. The van der Waals surface area contributed by atoms with Crippen molar-refractivity contribution in [1.29, 1.82) is 0 Å². The molecule has 1 saturated heterocycles. The Bertz CT molecular complexity index is 318. The second-order valence-electron chi connectivity index (χ2n) is 6.03. The summed E-state index contributed by atoms with van der Waals surface area (Å²) in [6, 6.07) is 0. The lowest BCUT2D eigenvalue weighted by Crippen LogP contribution is -2.45. The molecule has 1 heterocycles. The molecule has 0 atom stereocenters. The van der Waals surface area contributed by atoms with Crippen LogP contribution in [-0.2, 0) is 19.0 Å². The molecule has 2 fully saturated rings. The van der Waals surface area contributed by atoms with Crippen molar-refractivity contribution in [3.05, 3.63) is 0 Å². The van der Waals surface area contributed by atoms with E-state index in [-0.39, 0.29) is 12.5 Å². The van der Waals surface area contributed by atoms with Gasteiger partial charge in [0, 0.05) is 46.3 Å². The Balaban J connectivity index is 0.00000127. The molecule has 0 radical (unpaired) electrons. The van der Waals surface area contributed by atoms with Crippen molar-refractivity contribution in [3.63, 3.8) is 0 Å². The molecule has 1 aliphatic carbocycles. The molecular weight excluding hydrogens is 296 g/mol. The van der Waals surface area contributed by atoms with Crippen LogP contribution in [0.3, 0.4) is 0 Å². The summed E-state index contributed by atoms with van der Waals surface area (Å²) < 4.78 is 16.4. The lowest BCUT2D eigenvalue weighted by Gasteiger charge is -2.34. The molecule has 2 rings (SSSR count). The van der Waals surface area contributed by atoms with E-state index in [1.54, 1.807) is 12.0 Å². The van der Waals surface area contributed by atoms with E-state index in [4.69, 9.17) is 14.2 Å². The third kappa shape index (κ3) is 7.61. The first-order valence-corrected chi connectivity index (χ1v) is 8.86. The first-order chi connectivity index (χ1) is 11.2. The van der Waals surface area contributed by atoms with Gasteiger partial charge in [0.15, 0.2) is 0 Å². The van der Waals surface area contributed by atoms with Gasteiger partial charge in [-0.15, -0.1) is 0 Å². The van der Waals surface area contributed by atoms with Gasteiger partial charge < -0.3 is 24.4 Å². The van der Waals surface area contributed by atoms with Gasteiger partial charge in [-0.05, 0) is 19.3 Å². The van der Waals surface area contributed by atoms with Crippen LogP contribution in [0, 0.1) is 5.92 Å². The second kappa shape index (κ2) is 11.8. The van der Waals surface area contributed by atoms with Gasteiger partial charge in [0.05, 0.1) is 18.8 Å².